The van der Waals surface area contributed by atoms with Crippen LogP contribution < -0.4 is 10.2 Å². The molecule has 1 fully saturated rings. The molecule has 3 aliphatic rings. The van der Waals surface area contributed by atoms with Crippen molar-refractivity contribution in [2.75, 3.05) is 13.1 Å². The van der Waals surface area contributed by atoms with Crippen molar-refractivity contribution in [3.05, 3.63) is 76.3 Å². The smallest absolute Gasteiger partial charge is 0.267 e. The molecule has 2 N–H and O–H groups in total. The number of hydrogen-bond donors (Lipinski definition) is 2. The molecule has 3 aromatic rings. The van der Waals surface area contributed by atoms with Gasteiger partial charge in [-0.3, -0.25) is 19.7 Å². The van der Waals surface area contributed by atoms with Crippen molar-refractivity contribution in [2.45, 2.75) is 30.9 Å². The molecule has 1 atom stereocenters. The highest BCUT2D eigenvalue weighted by molar-refractivity contribution is 7.16. The summed E-state index contributed by atoms with van der Waals surface area (Å²) >= 11 is 1.78. The van der Waals surface area contributed by atoms with Crippen molar-refractivity contribution in [1.82, 2.24) is 15.4 Å². The minimum absolute atomic E-state index is 0.0660. The maximum atomic E-state index is 13.0. The molecule has 1 saturated heterocycles. The average Bonchev–Trinajstić information content (AvgIpc) is 3.35. The van der Waals surface area contributed by atoms with E-state index >= 15 is 0 Å². The highest BCUT2D eigenvalue weighted by Crippen LogP contribution is 2.53. The van der Waals surface area contributed by atoms with Gasteiger partial charge in [-0.1, -0.05) is 36.4 Å². The number of nitrogens with one attached hydrogen (secondary N) is 1. The lowest BCUT2D eigenvalue weighted by molar-refractivity contribution is -0.124. The minimum Gasteiger partial charge on any atom is -0.486 e. The molecule has 1 aliphatic carbocycles. The number of carbonyl (C=O) groups excluding carboxylic acids is 2. The number of ether oxygens (including phenoxy) is 1. The first-order valence-corrected chi connectivity index (χ1v) is 12.2. The van der Waals surface area contributed by atoms with Crippen molar-refractivity contribution in [2.24, 2.45) is 0 Å². The number of aromatic nitrogens is 1. The van der Waals surface area contributed by atoms with Crippen LogP contribution in [0.1, 0.15) is 51.8 Å². The van der Waals surface area contributed by atoms with Crippen LogP contribution in [-0.2, 0) is 4.79 Å². The Kier molecular flexibility index (Phi) is 5.09. The third-order valence-electron chi connectivity index (χ3n) is 6.85. The van der Waals surface area contributed by atoms with Gasteiger partial charge in [0.1, 0.15) is 16.4 Å². The number of carbonyl (C=O) groups is 2. The number of hydrogen-bond acceptors (Lipinski definition) is 7. The number of benzene rings is 2. The quantitative estimate of drug-likeness (QED) is 0.335. The van der Waals surface area contributed by atoms with Gasteiger partial charge in [0.2, 0.25) is 0 Å². The van der Waals surface area contributed by atoms with E-state index in [0.29, 0.717) is 29.3 Å². The molecular weight excluding hydrogens is 450 g/mol. The summed E-state index contributed by atoms with van der Waals surface area (Å²) in [6.45, 7) is 1.74. The van der Waals surface area contributed by atoms with Crippen LogP contribution in [0.3, 0.4) is 0 Å². The predicted octanol–water partition coefficient (Wildman–Crippen LogP) is 4.23. The Morgan fingerprint density at radius 3 is 2.71 bits per heavy atom. The van der Waals surface area contributed by atoms with Gasteiger partial charge in [-0.25, -0.2) is 10.5 Å². The number of nitrogens with zero attached hydrogens (tertiary/aromatic N) is 2. The van der Waals surface area contributed by atoms with Crippen molar-refractivity contribution >= 4 is 29.1 Å². The number of piperidine rings is 1. The molecule has 3 heterocycles. The zero-order chi connectivity index (χ0) is 23.3. The summed E-state index contributed by atoms with van der Waals surface area (Å²) in [4.78, 5) is 32.9. The van der Waals surface area contributed by atoms with Crippen molar-refractivity contribution in [1.29, 1.82) is 0 Å². The molecule has 6 rings (SSSR count). The lowest BCUT2D eigenvalue weighted by atomic mass is 9.82. The first-order chi connectivity index (χ1) is 16.5. The van der Waals surface area contributed by atoms with Crippen LogP contribution in [0.15, 0.2) is 54.6 Å². The molecule has 34 heavy (non-hydrogen) atoms. The van der Waals surface area contributed by atoms with Crippen LogP contribution in [0.2, 0.25) is 0 Å². The van der Waals surface area contributed by atoms with E-state index in [2.05, 4.69) is 17.0 Å². The molecule has 1 aromatic heterocycles. The minimum atomic E-state index is -0.623. The number of ketones is 1. The molecule has 1 amide bonds. The van der Waals surface area contributed by atoms with Crippen LogP contribution in [0.25, 0.3) is 16.6 Å². The first kappa shape index (κ1) is 21.2. The van der Waals surface area contributed by atoms with Gasteiger partial charge < -0.3 is 4.74 Å². The molecule has 0 saturated carbocycles. The predicted molar refractivity (Wildman–Crippen MR) is 128 cm³/mol. The number of thiazole rings is 1. The second kappa shape index (κ2) is 8.16. The van der Waals surface area contributed by atoms with Gasteiger partial charge in [-0.2, -0.15) is 0 Å². The monoisotopic (exact) mass is 473 g/mol. The molecule has 1 spiro atoms. The Balaban J connectivity index is 1.11. The molecule has 0 bridgehead atoms. The van der Waals surface area contributed by atoms with Crippen LogP contribution >= 0.6 is 11.3 Å². The lowest BCUT2D eigenvalue weighted by Crippen LogP contribution is -2.50. The van der Waals surface area contributed by atoms with Gasteiger partial charge >= 0.3 is 0 Å². The van der Waals surface area contributed by atoms with E-state index in [-0.39, 0.29) is 5.78 Å². The second-order valence-electron chi connectivity index (χ2n) is 9.02. The number of amides is 1. The summed E-state index contributed by atoms with van der Waals surface area (Å²) < 4.78 is 6.41. The summed E-state index contributed by atoms with van der Waals surface area (Å²) in [5, 5.41) is 9.69. The second-order valence-corrected chi connectivity index (χ2v) is 10.1. The lowest BCUT2D eigenvalue weighted by Gasteiger charge is -2.44. The highest BCUT2D eigenvalue weighted by Gasteiger charge is 2.49. The molecule has 1 unspecified atom stereocenters. The average molecular weight is 474 g/mol. The number of Topliss-reactive ketones (excluding diaryl/α,β-unsaturated/α-hetero) is 1. The van der Waals surface area contributed by atoms with E-state index in [1.807, 2.05) is 18.2 Å². The molecule has 172 valence electrons. The number of hydroxylamine groups is 1. The SMILES string of the molecule is O=C(/C=C/c1ccc2c(c1)C(=O)CC1(CCN(C3c4nc(-c5ccccc5)sc43)CC1)O2)NO. The summed E-state index contributed by atoms with van der Waals surface area (Å²) in [5.41, 5.74) is 4.70. The van der Waals surface area contributed by atoms with E-state index in [0.717, 1.165) is 30.9 Å². The van der Waals surface area contributed by atoms with Gasteiger partial charge in [-0.15, -0.1) is 11.3 Å². The topological polar surface area (TPSA) is 91.8 Å². The Hall–Kier alpha value is -3.33. The standard InChI is InChI=1S/C26H23N3O4S/c30-19-15-26(33-20-8-6-16(14-18(19)20)7-9-21(31)28-32)10-12-29(13-11-26)23-22-24(23)34-25(27-22)17-4-2-1-3-5-17/h1-9,14,23,32H,10-13,15H2,(H,28,31)/b9-7+. The zero-order valence-electron chi connectivity index (χ0n) is 18.4. The Morgan fingerprint density at radius 2 is 2.00 bits per heavy atom. The normalized spacial score (nSPS) is 20.6. The maximum Gasteiger partial charge on any atom is 0.267 e. The van der Waals surface area contributed by atoms with Gasteiger partial charge in [0.05, 0.1) is 28.6 Å². The van der Waals surface area contributed by atoms with E-state index in [4.69, 9.17) is 14.9 Å². The van der Waals surface area contributed by atoms with Crippen LogP contribution in [0.4, 0.5) is 0 Å². The van der Waals surface area contributed by atoms with E-state index in [1.165, 1.54) is 22.2 Å². The van der Waals surface area contributed by atoms with Gasteiger partial charge in [-0.05, 0) is 23.8 Å². The third-order valence-corrected chi connectivity index (χ3v) is 8.02. The molecule has 2 aliphatic heterocycles. The highest BCUT2D eigenvalue weighted by atomic mass is 32.1. The number of fused-ring (bicyclic) bond motifs is 2. The van der Waals surface area contributed by atoms with Gasteiger partial charge in [0.15, 0.2) is 5.78 Å². The Morgan fingerprint density at radius 1 is 1.21 bits per heavy atom. The van der Waals surface area contributed by atoms with E-state index in [1.54, 1.807) is 41.1 Å². The van der Waals surface area contributed by atoms with E-state index < -0.39 is 11.5 Å². The molecule has 2 aromatic carbocycles. The van der Waals surface area contributed by atoms with Crippen LogP contribution in [0, 0.1) is 0 Å². The van der Waals surface area contributed by atoms with Crippen molar-refractivity contribution in [3.8, 4) is 16.3 Å². The van der Waals surface area contributed by atoms with Crippen LogP contribution in [-0.4, -0.2) is 45.5 Å². The fourth-order valence-electron chi connectivity index (χ4n) is 4.98. The molecule has 0 radical (unpaired) electrons. The van der Waals surface area contributed by atoms with Gasteiger partial charge in [0.25, 0.3) is 5.91 Å². The fraction of sp³-hybridized carbons (Fsp3) is 0.269. The number of rotatable bonds is 4. The van der Waals surface area contributed by atoms with Crippen LogP contribution in [0.5, 0.6) is 5.75 Å². The summed E-state index contributed by atoms with van der Waals surface area (Å²) in [7, 11) is 0. The Bertz CT molecular complexity index is 1290. The molecule has 8 heteroatoms. The summed E-state index contributed by atoms with van der Waals surface area (Å²) in [6, 6.07) is 15.9. The largest absolute Gasteiger partial charge is 0.486 e. The van der Waals surface area contributed by atoms with Crippen molar-refractivity contribution < 1.29 is 19.5 Å². The van der Waals surface area contributed by atoms with Gasteiger partial charge in [0, 0.05) is 37.6 Å². The first-order valence-electron chi connectivity index (χ1n) is 11.3. The number of likely N-dealkylation sites (tertiary alicyclic amines) is 1. The third kappa shape index (κ3) is 3.73. The maximum absolute atomic E-state index is 13.0. The zero-order valence-corrected chi connectivity index (χ0v) is 19.2. The molecule has 7 nitrogen and oxygen atoms in total. The summed E-state index contributed by atoms with van der Waals surface area (Å²) in [6.07, 6.45) is 4.72. The van der Waals surface area contributed by atoms with E-state index in [9.17, 15) is 9.59 Å². The van der Waals surface area contributed by atoms with Crippen molar-refractivity contribution in [3.63, 3.8) is 0 Å². The summed E-state index contributed by atoms with van der Waals surface area (Å²) in [5.74, 6) is 0.0481. The Labute approximate surface area is 200 Å². The fourth-order valence-corrected chi connectivity index (χ4v) is 6.16. The molecular formula is C26H23N3O4S.